The van der Waals surface area contributed by atoms with E-state index in [-0.39, 0.29) is 18.3 Å². The Balaban J connectivity index is 1.84. The third kappa shape index (κ3) is 5.17. The lowest BCUT2D eigenvalue weighted by Crippen LogP contribution is -2.38. The third-order valence-corrected chi connectivity index (χ3v) is 3.75. The summed E-state index contributed by atoms with van der Waals surface area (Å²) >= 11 is 0. The molecule has 136 valence electrons. The molecule has 0 aliphatic rings. The van der Waals surface area contributed by atoms with Crippen LogP contribution in [-0.4, -0.2) is 37.4 Å². The lowest BCUT2D eigenvalue weighted by Gasteiger charge is -2.21. The summed E-state index contributed by atoms with van der Waals surface area (Å²) in [6.07, 6.45) is -0.934. The highest BCUT2D eigenvalue weighted by Crippen LogP contribution is 2.14. The van der Waals surface area contributed by atoms with Gasteiger partial charge in [-0.2, -0.15) is 0 Å². The molecule has 0 bridgehead atoms. The fourth-order valence-electron chi connectivity index (χ4n) is 2.26. The molecule has 0 fully saturated rings. The zero-order chi connectivity index (χ0) is 19.1. The molecule has 0 saturated carbocycles. The minimum absolute atomic E-state index is 0.0502. The first kappa shape index (κ1) is 19.2. The largest absolute Gasteiger partial charge is 0.482 e. The predicted octanol–water partition coefficient (Wildman–Crippen LogP) is 2.86. The predicted molar refractivity (Wildman–Crippen MR) is 97.3 cm³/mol. The summed E-state index contributed by atoms with van der Waals surface area (Å²) in [6.45, 7) is 2.66. The average Bonchev–Trinajstić information content (AvgIpc) is 2.66. The van der Waals surface area contributed by atoms with E-state index in [1.165, 1.54) is 18.7 Å². The summed E-state index contributed by atoms with van der Waals surface area (Å²) in [5.74, 6) is -0.600. The molecule has 0 unspecified atom stereocenters. The van der Waals surface area contributed by atoms with Crippen molar-refractivity contribution in [1.29, 1.82) is 0 Å². The van der Waals surface area contributed by atoms with Gasteiger partial charge in [0.1, 0.15) is 5.75 Å². The number of rotatable bonds is 7. The highest BCUT2D eigenvalue weighted by atomic mass is 16.6. The molecular weight excluding hydrogens is 334 g/mol. The summed E-state index contributed by atoms with van der Waals surface area (Å²) in [5, 5.41) is 0. The summed E-state index contributed by atoms with van der Waals surface area (Å²) in [5.41, 5.74) is 1.27. The van der Waals surface area contributed by atoms with Gasteiger partial charge in [-0.15, -0.1) is 0 Å². The van der Waals surface area contributed by atoms with Crippen LogP contribution >= 0.6 is 0 Å². The van der Waals surface area contributed by atoms with Crippen molar-refractivity contribution in [2.75, 3.05) is 18.6 Å². The van der Waals surface area contributed by atoms with Gasteiger partial charge in [-0.05, 0) is 50.2 Å². The topological polar surface area (TPSA) is 72.9 Å². The Morgan fingerprint density at radius 3 is 2.19 bits per heavy atom. The molecule has 2 aromatic rings. The van der Waals surface area contributed by atoms with Crippen LogP contribution in [0.15, 0.2) is 54.6 Å². The SMILES string of the molecule is CC(=O)c1ccc(OCC(=O)O[C@@H](C)C(=O)N(C)c2ccccc2)cc1. The minimum Gasteiger partial charge on any atom is -0.482 e. The number of carbonyl (C=O) groups excluding carboxylic acids is 3. The molecule has 26 heavy (non-hydrogen) atoms. The molecule has 0 aromatic heterocycles. The number of ketones is 1. The van der Waals surface area contributed by atoms with Crippen molar-refractivity contribution in [3.63, 3.8) is 0 Å². The number of anilines is 1. The molecule has 0 N–H and O–H groups in total. The van der Waals surface area contributed by atoms with E-state index >= 15 is 0 Å². The van der Waals surface area contributed by atoms with E-state index in [0.717, 1.165) is 0 Å². The number of likely N-dealkylation sites (N-methyl/N-ethyl adjacent to an activating group) is 1. The molecule has 2 rings (SSSR count). The summed E-state index contributed by atoms with van der Waals surface area (Å²) in [6, 6.07) is 15.5. The minimum atomic E-state index is -0.934. The van der Waals surface area contributed by atoms with Crippen molar-refractivity contribution in [2.45, 2.75) is 20.0 Å². The van der Waals surface area contributed by atoms with Crippen LogP contribution < -0.4 is 9.64 Å². The van der Waals surface area contributed by atoms with Gasteiger partial charge in [-0.1, -0.05) is 18.2 Å². The van der Waals surface area contributed by atoms with Gasteiger partial charge in [-0.25, -0.2) is 4.79 Å². The fourth-order valence-corrected chi connectivity index (χ4v) is 2.26. The van der Waals surface area contributed by atoms with E-state index in [0.29, 0.717) is 17.0 Å². The Labute approximate surface area is 152 Å². The molecular formula is C20H21NO5. The van der Waals surface area contributed by atoms with Crippen molar-refractivity contribution in [1.82, 2.24) is 0 Å². The molecule has 0 spiro atoms. The number of ether oxygens (including phenoxy) is 2. The molecule has 0 aliphatic carbocycles. The van der Waals surface area contributed by atoms with E-state index < -0.39 is 12.1 Å². The van der Waals surface area contributed by atoms with Crippen molar-refractivity contribution in [3.05, 3.63) is 60.2 Å². The molecule has 0 aliphatic heterocycles. The first-order chi connectivity index (χ1) is 12.4. The van der Waals surface area contributed by atoms with E-state index in [4.69, 9.17) is 9.47 Å². The second-order valence-corrected chi connectivity index (χ2v) is 5.73. The maximum absolute atomic E-state index is 12.3. The molecule has 0 heterocycles. The lowest BCUT2D eigenvalue weighted by molar-refractivity contribution is -0.155. The summed E-state index contributed by atoms with van der Waals surface area (Å²) in [7, 11) is 1.62. The van der Waals surface area contributed by atoms with Crippen LogP contribution in [0.5, 0.6) is 5.75 Å². The number of benzene rings is 2. The van der Waals surface area contributed by atoms with Crippen LogP contribution in [0.3, 0.4) is 0 Å². The van der Waals surface area contributed by atoms with Gasteiger partial charge >= 0.3 is 5.97 Å². The van der Waals surface area contributed by atoms with Crippen LogP contribution in [0.1, 0.15) is 24.2 Å². The van der Waals surface area contributed by atoms with Crippen LogP contribution in [0.25, 0.3) is 0 Å². The average molecular weight is 355 g/mol. The van der Waals surface area contributed by atoms with Crippen molar-refractivity contribution in [3.8, 4) is 5.75 Å². The normalized spacial score (nSPS) is 11.3. The zero-order valence-electron chi connectivity index (χ0n) is 15.0. The Kier molecular flexibility index (Phi) is 6.49. The van der Waals surface area contributed by atoms with Gasteiger partial charge in [0.2, 0.25) is 0 Å². The zero-order valence-corrected chi connectivity index (χ0v) is 15.0. The van der Waals surface area contributed by atoms with E-state index in [9.17, 15) is 14.4 Å². The Bertz CT molecular complexity index is 771. The summed E-state index contributed by atoms with van der Waals surface area (Å²) in [4.78, 5) is 36.9. The number of amides is 1. The highest BCUT2D eigenvalue weighted by molar-refractivity contribution is 5.97. The lowest BCUT2D eigenvalue weighted by atomic mass is 10.1. The van der Waals surface area contributed by atoms with Gasteiger partial charge < -0.3 is 14.4 Å². The molecule has 6 nitrogen and oxygen atoms in total. The second-order valence-electron chi connectivity index (χ2n) is 5.73. The second kappa shape index (κ2) is 8.80. The van der Waals surface area contributed by atoms with Crippen LogP contribution in [-0.2, 0) is 14.3 Å². The monoisotopic (exact) mass is 355 g/mol. The first-order valence-electron chi connectivity index (χ1n) is 8.14. The van der Waals surface area contributed by atoms with E-state index in [1.807, 2.05) is 18.2 Å². The molecule has 1 atom stereocenters. The number of para-hydroxylation sites is 1. The quantitative estimate of drug-likeness (QED) is 0.564. The molecule has 0 saturated heterocycles. The third-order valence-electron chi connectivity index (χ3n) is 3.75. The standard InChI is InChI=1S/C20H21NO5/c1-14(22)16-9-11-18(12-10-16)25-13-19(23)26-15(2)20(24)21(3)17-7-5-4-6-8-17/h4-12,15H,13H2,1-3H3/t15-/m0/s1. The number of hydrogen-bond donors (Lipinski definition) is 0. The van der Waals surface area contributed by atoms with Crippen LogP contribution in [0.2, 0.25) is 0 Å². The van der Waals surface area contributed by atoms with Gasteiger partial charge in [0, 0.05) is 18.3 Å². The van der Waals surface area contributed by atoms with Gasteiger partial charge in [0.25, 0.3) is 5.91 Å². The first-order valence-corrected chi connectivity index (χ1v) is 8.14. The van der Waals surface area contributed by atoms with E-state index in [2.05, 4.69) is 0 Å². The highest BCUT2D eigenvalue weighted by Gasteiger charge is 2.22. The number of Topliss-reactive ketones (excluding diaryl/α,β-unsaturated/α-hetero) is 1. The number of esters is 1. The maximum atomic E-state index is 12.3. The van der Waals surface area contributed by atoms with Crippen molar-refractivity contribution < 1.29 is 23.9 Å². The Morgan fingerprint density at radius 2 is 1.62 bits per heavy atom. The van der Waals surface area contributed by atoms with E-state index in [1.54, 1.807) is 43.4 Å². The van der Waals surface area contributed by atoms with Crippen molar-refractivity contribution in [2.24, 2.45) is 0 Å². The smallest absolute Gasteiger partial charge is 0.344 e. The number of nitrogens with zero attached hydrogens (tertiary/aromatic N) is 1. The van der Waals surface area contributed by atoms with Crippen molar-refractivity contribution >= 4 is 23.3 Å². The number of hydrogen-bond acceptors (Lipinski definition) is 5. The molecule has 0 radical (unpaired) electrons. The Hall–Kier alpha value is -3.15. The summed E-state index contributed by atoms with van der Waals surface area (Å²) < 4.78 is 10.4. The molecule has 2 aromatic carbocycles. The van der Waals surface area contributed by atoms with Gasteiger partial charge in [-0.3, -0.25) is 9.59 Å². The Morgan fingerprint density at radius 1 is 1.00 bits per heavy atom. The maximum Gasteiger partial charge on any atom is 0.344 e. The number of carbonyl (C=O) groups is 3. The molecule has 6 heteroatoms. The molecule has 1 amide bonds. The van der Waals surface area contributed by atoms with Gasteiger partial charge in [0.05, 0.1) is 0 Å². The van der Waals surface area contributed by atoms with Crippen LogP contribution in [0.4, 0.5) is 5.69 Å². The van der Waals surface area contributed by atoms with Crippen LogP contribution in [0, 0.1) is 0 Å². The van der Waals surface area contributed by atoms with Gasteiger partial charge in [0.15, 0.2) is 18.5 Å². The fraction of sp³-hybridized carbons (Fsp3) is 0.250.